The van der Waals surface area contributed by atoms with Gasteiger partial charge in [0.15, 0.2) is 0 Å². The second-order valence-corrected chi connectivity index (χ2v) is 7.85. The lowest BCUT2D eigenvalue weighted by atomic mass is 9.77. The van der Waals surface area contributed by atoms with Gasteiger partial charge in [-0.25, -0.2) is 0 Å². The summed E-state index contributed by atoms with van der Waals surface area (Å²) in [6.07, 6.45) is 6.77. The van der Waals surface area contributed by atoms with E-state index in [1.54, 1.807) is 10.9 Å². The van der Waals surface area contributed by atoms with Crippen LogP contribution in [-0.4, -0.2) is 52.9 Å². The molecule has 3 rings (SSSR count). The van der Waals surface area contributed by atoms with Crippen molar-refractivity contribution in [1.29, 1.82) is 0 Å². The Kier molecular flexibility index (Phi) is 7.49. The highest BCUT2D eigenvalue weighted by molar-refractivity contribution is 5.81. The maximum absolute atomic E-state index is 12.9. The first kappa shape index (κ1) is 21.9. The lowest BCUT2D eigenvalue weighted by Gasteiger charge is -2.41. The van der Waals surface area contributed by atoms with Crippen molar-refractivity contribution in [1.82, 2.24) is 14.7 Å². The van der Waals surface area contributed by atoms with Gasteiger partial charge in [-0.3, -0.25) is 14.3 Å². The average molecular weight is 414 g/mol. The molecule has 7 heteroatoms. The van der Waals surface area contributed by atoms with Gasteiger partial charge in [-0.15, -0.1) is 0 Å². The number of aryl methyl sites for hydroxylation is 2. The monoisotopic (exact) mass is 413 g/mol. The number of amides is 1. The third-order valence-electron chi connectivity index (χ3n) is 5.62. The Morgan fingerprint density at radius 2 is 2.03 bits per heavy atom. The molecule has 0 N–H and O–H groups in total. The smallest absolute Gasteiger partial charge is 0.314 e. The molecule has 2 heterocycles. The number of rotatable bonds is 9. The normalized spacial score (nSPS) is 18.8. The molecule has 0 radical (unpaired) electrons. The number of piperidine rings is 1. The van der Waals surface area contributed by atoms with E-state index in [0.29, 0.717) is 52.0 Å². The van der Waals surface area contributed by atoms with Crippen LogP contribution in [0.15, 0.2) is 42.7 Å². The number of para-hydroxylation sites is 1. The van der Waals surface area contributed by atoms with Crippen LogP contribution < -0.4 is 4.74 Å². The van der Waals surface area contributed by atoms with Gasteiger partial charge in [0.1, 0.15) is 5.75 Å². The van der Waals surface area contributed by atoms with Crippen LogP contribution >= 0.6 is 0 Å². The Bertz CT molecular complexity index is 836. The topological polar surface area (TPSA) is 73.7 Å². The molecule has 1 fully saturated rings. The fourth-order valence-electron chi connectivity index (χ4n) is 3.99. The summed E-state index contributed by atoms with van der Waals surface area (Å²) in [5.74, 6) is 0.611. The summed E-state index contributed by atoms with van der Waals surface area (Å²) >= 11 is 0. The second kappa shape index (κ2) is 10.3. The van der Waals surface area contributed by atoms with Crippen molar-refractivity contribution in [2.24, 2.45) is 12.5 Å². The van der Waals surface area contributed by atoms with E-state index in [1.165, 1.54) is 0 Å². The fourth-order valence-corrected chi connectivity index (χ4v) is 3.99. The van der Waals surface area contributed by atoms with E-state index in [4.69, 9.17) is 9.47 Å². The molecular weight excluding hydrogens is 382 g/mol. The summed E-state index contributed by atoms with van der Waals surface area (Å²) < 4.78 is 13.0. The molecule has 0 spiro atoms. The Labute approximate surface area is 178 Å². The predicted molar refractivity (Wildman–Crippen MR) is 113 cm³/mol. The summed E-state index contributed by atoms with van der Waals surface area (Å²) in [6, 6.07) is 9.56. The molecule has 2 aromatic rings. The van der Waals surface area contributed by atoms with Crippen LogP contribution in [0, 0.1) is 5.41 Å². The van der Waals surface area contributed by atoms with Crippen molar-refractivity contribution >= 4 is 11.9 Å². The molecule has 1 aliphatic rings. The van der Waals surface area contributed by atoms with Crippen molar-refractivity contribution < 1.29 is 19.1 Å². The maximum Gasteiger partial charge on any atom is 0.314 e. The van der Waals surface area contributed by atoms with Gasteiger partial charge in [0.2, 0.25) is 5.91 Å². The number of ether oxygens (including phenoxy) is 2. The van der Waals surface area contributed by atoms with Crippen molar-refractivity contribution in [3.8, 4) is 5.75 Å². The minimum absolute atomic E-state index is 0.0659. The summed E-state index contributed by atoms with van der Waals surface area (Å²) in [6.45, 7) is 3.60. The first-order valence-corrected chi connectivity index (χ1v) is 10.6. The van der Waals surface area contributed by atoms with E-state index >= 15 is 0 Å². The highest BCUT2D eigenvalue weighted by Crippen LogP contribution is 2.35. The largest absolute Gasteiger partial charge is 0.494 e. The molecule has 162 valence electrons. The molecule has 0 unspecified atom stereocenters. The Balaban J connectivity index is 1.62. The molecule has 7 nitrogen and oxygen atoms in total. The van der Waals surface area contributed by atoms with Crippen molar-refractivity contribution in [3.05, 3.63) is 48.3 Å². The summed E-state index contributed by atoms with van der Waals surface area (Å²) in [5.41, 5.74) is 0.322. The van der Waals surface area contributed by atoms with Crippen LogP contribution in [-0.2, 0) is 27.8 Å². The zero-order chi connectivity index (χ0) is 21.4. The molecule has 1 amide bonds. The van der Waals surface area contributed by atoms with Gasteiger partial charge in [-0.2, -0.15) is 5.10 Å². The Morgan fingerprint density at radius 1 is 1.23 bits per heavy atom. The number of hydrogen-bond acceptors (Lipinski definition) is 5. The van der Waals surface area contributed by atoms with Gasteiger partial charge in [0.25, 0.3) is 0 Å². The molecule has 1 saturated heterocycles. The van der Waals surface area contributed by atoms with E-state index < -0.39 is 5.41 Å². The minimum atomic E-state index is -0.715. The summed E-state index contributed by atoms with van der Waals surface area (Å²) in [4.78, 5) is 27.6. The highest BCUT2D eigenvalue weighted by Gasteiger charge is 2.44. The van der Waals surface area contributed by atoms with Gasteiger partial charge < -0.3 is 14.4 Å². The first-order valence-electron chi connectivity index (χ1n) is 10.6. The van der Waals surface area contributed by atoms with Crippen LogP contribution in [0.1, 0.15) is 38.2 Å². The molecule has 0 saturated carbocycles. The van der Waals surface area contributed by atoms with Crippen molar-refractivity contribution in [3.63, 3.8) is 0 Å². The number of carbonyl (C=O) groups is 2. The van der Waals surface area contributed by atoms with Crippen LogP contribution in [0.3, 0.4) is 0 Å². The van der Waals surface area contributed by atoms with Gasteiger partial charge in [-0.05, 0) is 50.3 Å². The van der Waals surface area contributed by atoms with Gasteiger partial charge in [0.05, 0.1) is 24.8 Å². The van der Waals surface area contributed by atoms with Crippen LogP contribution in [0.25, 0.3) is 0 Å². The number of nitrogens with zero attached hydrogens (tertiary/aromatic N) is 3. The third kappa shape index (κ3) is 5.62. The summed E-state index contributed by atoms with van der Waals surface area (Å²) in [5, 5.41) is 4.15. The molecule has 1 atom stereocenters. The van der Waals surface area contributed by atoms with E-state index in [1.807, 2.05) is 55.4 Å². The van der Waals surface area contributed by atoms with Crippen LogP contribution in [0.5, 0.6) is 5.75 Å². The zero-order valence-electron chi connectivity index (χ0n) is 17.9. The Morgan fingerprint density at radius 3 is 2.73 bits per heavy atom. The third-order valence-corrected chi connectivity index (χ3v) is 5.62. The molecule has 30 heavy (non-hydrogen) atoms. The molecule has 1 aromatic carbocycles. The number of hydrogen-bond donors (Lipinski definition) is 0. The van der Waals surface area contributed by atoms with E-state index in [9.17, 15) is 9.59 Å². The van der Waals surface area contributed by atoms with Gasteiger partial charge >= 0.3 is 5.97 Å². The molecule has 0 bridgehead atoms. The Hall–Kier alpha value is -2.83. The number of benzene rings is 1. The van der Waals surface area contributed by atoms with E-state index in [2.05, 4.69) is 5.10 Å². The number of aromatic nitrogens is 2. The number of esters is 1. The predicted octanol–water partition coefficient (Wildman–Crippen LogP) is 2.99. The zero-order valence-corrected chi connectivity index (χ0v) is 17.9. The van der Waals surface area contributed by atoms with E-state index in [0.717, 1.165) is 17.7 Å². The average Bonchev–Trinajstić information content (AvgIpc) is 3.18. The van der Waals surface area contributed by atoms with Crippen molar-refractivity contribution in [2.45, 2.75) is 39.0 Å². The standard InChI is InChI=1S/C23H31N3O4/c1-3-29-22(28)23(13-15-30-20-8-5-4-6-9-20)12-7-14-26(18-23)21(27)11-10-19-16-24-25(2)17-19/h4-6,8-9,16-17H,3,7,10-15,18H2,1-2H3/t23-/m1/s1. The molecule has 1 aromatic heterocycles. The van der Waals surface area contributed by atoms with Crippen LogP contribution in [0.2, 0.25) is 0 Å². The fraction of sp³-hybridized carbons (Fsp3) is 0.522. The lowest BCUT2D eigenvalue weighted by Crippen LogP contribution is -2.51. The van der Waals surface area contributed by atoms with Gasteiger partial charge in [-0.1, -0.05) is 18.2 Å². The molecule has 1 aliphatic heterocycles. The molecule has 0 aliphatic carbocycles. The van der Waals surface area contributed by atoms with E-state index in [-0.39, 0.29) is 11.9 Å². The second-order valence-electron chi connectivity index (χ2n) is 7.85. The lowest BCUT2D eigenvalue weighted by molar-refractivity contribution is -0.162. The molecular formula is C23H31N3O4. The van der Waals surface area contributed by atoms with Crippen LogP contribution in [0.4, 0.5) is 0 Å². The first-order chi connectivity index (χ1) is 14.5. The quantitative estimate of drug-likeness (QED) is 0.591. The number of likely N-dealkylation sites (tertiary alicyclic amines) is 1. The van der Waals surface area contributed by atoms with Gasteiger partial charge in [0, 0.05) is 32.8 Å². The maximum atomic E-state index is 12.9. The SMILES string of the molecule is CCOC(=O)[C@@]1(CCOc2ccccc2)CCCN(C(=O)CCc2cnn(C)c2)C1. The number of carbonyl (C=O) groups excluding carboxylic acids is 2. The summed E-state index contributed by atoms with van der Waals surface area (Å²) in [7, 11) is 1.86. The van der Waals surface area contributed by atoms with Crippen molar-refractivity contribution in [2.75, 3.05) is 26.3 Å². The highest BCUT2D eigenvalue weighted by atomic mass is 16.5. The minimum Gasteiger partial charge on any atom is -0.494 e.